The average Bonchev–Trinajstić information content (AvgIpc) is 2.75. The van der Waals surface area contributed by atoms with E-state index in [0.717, 1.165) is 45.1 Å². The molecule has 3 nitrogen and oxygen atoms in total. The summed E-state index contributed by atoms with van der Waals surface area (Å²) < 4.78 is 58.3. The second-order valence-corrected chi connectivity index (χ2v) is 8.17. The lowest BCUT2D eigenvalue weighted by atomic mass is 9.80. The van der Waals surface area contributed by atoms with E-state index in [1.807, 2.05) is 13.0 Å². The molecule has 1 saturated heterocycles. The molecule has 2 aliphatic rings. The first-order chi connectivity index (χ1) is 14.5. The molecule has 1 aromatic carbocycles. The molecule has 1 saturated carbocycles. The zero-order chi connectivity index (χ0) is 21.5. The van der Waals surface area contributed by atoms with Gasteiger partial charge in [-0.25, -0.2) is 13.2 Å². The van der Waals surface area contributed by atoms with Crippen molar-refractivity contribution in [1.29, 1.82) is 0 Å². The van der Waals surface area contributed by atoms with Crippen molar-refractivity contribution < 1.29 is 27.4 Å². The molecule has 30 heavy (non-hydrogen) atoms. The summed E-state index contributed by atoms with van der Waals surface area (Å²) in [7, 11) is 0. The Bertz CT molecular complexity index is 691. The van der Waals surface area contributed by atoms with Crippen LogP contribution in [0, 0.1) is 17.7 Å². The number of hydrogen-bond acceptors (Lipinski definition) is 3. The number of benzene rings is 1. The Balaban J connectivity index is 1.55. The van der Waals surface area contributed by atoms with Crippen LogP contribution < -0.4 is 4.74 Å². The van der Waals surface area contributed by atoms with Gasteiger partial charge >= 0.3 is 0 Å². The lowest BCUT2D eigenvalue weighted by Gasteiger charge is -2.37. The maximum atomic E-state index is 14.4. The first kappa shape index (κ1) is 23.1. The lowest BCUT2D eigenvalue weighted by molar-refractivity contribution is -0.0616. The summed E-state index contributed by atoms with van der Waals surface area (Å²) in [6.07, 6.45) is 7.64. The van der Waals surface area contributed by atoms with Gasteiger partial charge in [0.1, 0.15) is 0 Å². The molecule has 2 fully saturated rings. The third-order valence-electron chi connectivity index (χ3n) is 6.24. The van der Waals surface area contributed by atoms with Gasteiger partial charge in [-0.1, -0.05) is 18.2 Å². The topological polar surface area (TPSA) is 27.7 Å². The minimum Gasteiger partial charge on any atom is -0.491 e. The normalized spacial score (nSPS) is 27.7. The highest BCUT2D eigenvalue weighted by molar-refractivity contribution is 5.57. The van der Waals surface area contributed by atoms with Crippen LogP contribution in [-0.2, 0) is 9.47 Å². The van der Waals surface area contributed by atoms with Gasteiger partial charge in [-0.15, -0.1) is 0 Å². The van der Waals surface area contributed by atoms with E-state index in [9.17, 15) is 13.2 Å². The second-order valence-electron chi connectivity index (χ2n) is 8.17. The van der Waals surface area contributed by atoms with Crippen molar-refractivity contribution >= 4 is 6.08 Å². The minimum absolute atomic E-state index is 0.132. The molecular formula is C24H33F3O3. The highest BCUT2D eigenvalue weighted by atomic mass is 19.3. The zero-order valence-corrected chi connectivity index (χ0v) is 17.9. The van der Waals surface area contributed by atoms with E-state index < -0.39 is 17.8 Å². The fraction of sp³-hybridized carbons (Fsp3) is 0.667. The van der Waals surface area contributed by atoms with E-state index in [1.54, 1.807) is 13.0 Å². The number of ether oxygens (including phenoxy) is 3. The summed E-state index contributed by atoms with van der Waals surface area (Å²) in [5.41, 5.74) is -0.403. The molecule has 1 aromatic rings. The third kappa shape index (κ3) is 5.79. The molecule has 0 amide bonds. The molecule has 6 heteroatoms. The molecule has 0 aromatic heterocycles. The first-order valence-electron chi connectivity index (χ1n) is 11.2. The second kappa shape index (κ2) is 11.2. The van der Waals surface area contributed by atoms with Gasteiger partial charge in [-0.05, 0) is 69.9 Å². The van der Waals surface area contributed by atoms with Crippen molar-refractivity contribution in [3.05, 3.63) is 35.2 Å². The van der Waals surface area contributed by atoms with Crippen LogP contribution in [0.5, 0.6) is 5.75 Å². The van der Waals surface area contributed by atoms with Crippen LogP contribution >= 0.6 is 0 Å². The highest BCUT2D eigenvalue weighted by Crippen LogP contribution is 2.36. The molecule has 3 rings (SSSR count). The predicted molar refractivity (Wildman–Crippen MR) is 111 cm³/mol. The van der Waals surface area contributed by atoms with Crippen LogP contribution in [0.1, 0.15) is 69.9 Å². The smallest absolute Gasteiger partial charge is 0.267 e. The van der Waals surface area contributed by atoms with Crippen molar-refractivity contribution in [2.45, 2.75) is 71.0 Å². The number of alkyl halides is 2. The van der Waals surface area contributed by atoms with Gasteiger partial charge < -0.3 is 14.2 Å². The fourth-order valence-electron chi connectivity index (χ4n) is 4.64. The molecule has 0 bridgehead atoms. The van der Waals surface area contributed by atoms with E-state index in [1.165, 1.54) is 12.1 Å². The zero-order valence-electron chi connectivity index (χ0n) is 17.9. The predicted octanol–water partition coefficient (Wildman–Crippen LogP) is 6.57. The Morgan fingerprint density at radius 1 is 1.07 bits per heavy atom. The summed E-state index contributed by atoms with van der Waals surface area (Å²) in [6.45, 7) is 5.31. The van der Waals surface area contributed by atoms with Gasteiger partial charge in [-0.2, -0.15) is 0 Å². The summed E-state index contributed by atoms with van der Waals surface area (Å²) in [5, 5.41) is 0. The van der Waals surface area contributed by atoms with Crippen LogP contribution in [0.2, 0.25) is 0 Å². The van der Waals surface area contributed by atoms with Crippen LogP contribution in [0.25, 0.3) is 6.08 Å². The molecule has 2 atom stereocenters. The summed E-state index contributed by atoms with van der Waals surface area (Å²) in [5.74, 6) is -0.372. The minimum atomic E-state index is -2.90. The maximum Gasteiger partial charge on any atom is 0.267 e. The average molecular weight is 427 g/mol. The van der Waals surface area contributed by atoms with Gasteiger partial charge in [0.05, 0.1) is 31.0 Å². The third-order valence-corrected chi connectivity index (χ3v) is 6.24. The molecule has 0 N–H and O–H groups in total. The molecule has 1 aliphatic heterocycles. The van der Waals surface area contributed by atoms with Crippen molar-refractivity contribution in [3.8, 4) is 5.75 Å². The van der Waals surface area contributed by atoms with Crippen molar-refractivity contribution in [1.82, 2.24) is 0 Å². The Kier molecular flexibility index (Phi) is 8.63. The largest absolute Gasteiger partial charge is 0.491 e. The number of halogens is 3. The molecule has 1 heterocycles. The lowest BCUT2D eigenvalue weighted by Crippen LogP contribution is -2.35. The van der Waals surface area contributed by atoms with E-state index in [2.05, 4.69) is 0 Å². The van der Waals surface area contributed by atoms with Crippen LogP contribution in [-0.4, -0.2) is 32.0 Å². The summed E-state index contributed by atoms with van der Waals surface area (Å²) >= 11 is 0. The summed E-state index contributed by atoms with van der Waals surface area (Å²) in [6, 6.07) is 2.91. The molecule has 1 aliphatic carbocycles. The van der Waals surface area contributed by atoms with Crippen LogP contribution in [0.4, 0.5) is 13.2 Å². The molecule has 168 valence electrons. The number of rotatable bonds is 8. The Morgan fingerprint density at radius 3 is 2.43 bits per heavy atom. The quantitative estimate of drug-likeness (QED) is 0.471. The van der Waals surface area contributed by atoms with E-state index in [-0.39, 0.29) is 29.9 Å². The SMILES string of the molecule is CCOc1ccc(/C=C/C2CCC(C3CCC(OCC)CC3)OC2)c(C(F)F)c1F. The first-order valence-corrected chi connectivity index (χ1v) is 11.2. The number of hydrogen-bond donors (Lipinski definition) is 0. The van der Waals surface area contributed by atoms with E-state index in [0.29, 0.717) is 18.6 Å². The molecule has 0 radical (unpaired) electrons. The maximum absolute atomic E-state index is 14.4. The molecule has 0 spiro atoms. The molecular weight excluding hydrogens is 393 g/mol. The van der Waals surface area contributed by atoms with E-state index in [4.69, 9.17) is 14.2 Å². The highest BCUT2D eigenvalue weighted by Gasteiger charge is 2.31. The Hall–Kier alpha value is -1.53. The van der Waals surface area contributed by atoms with Gasteiger partial charge in [-0.3, -0.25) is 0 Å². The standard InChI is InChI=1S/C24H33F3O3/c1-3-28-19-11-8-17(9-12-19)20-13-6-16(15-30-20)5-7-18-10-14-21(29-4-2)23(25)22(18)24(26)27/h5,7,10,14,16-17,19-20,24H,3-4,6,8-9,11-13,15H2,1-2H3/b7-5+. The Labute approximate surface area is 177 Å². The summed E-state index contributed by atoms with van der Waals surface area (Å²) in [4.78, 5) is 0. The van der Waals surface area contributed by atoms with Gasteiger partial charge in [0, 0.05) is 12.5 Å². The van der Waals surface area contributed by atoms with Gasteiger partial charge in [0.2, 0.25) is 0 Å². The van der Waals surface area contributed by atoms with Crippen LogP contribution in [0.15, 0.2) is 18.2 Å². The Morgan fingerprint density at radius 2 is 1.83 bits per heavy atom. The monoisotopic (exact) mass is 426 g/mol. The van der Waals surface area contributed by atoms with Crippen molar-refractivity contribution in [3.63, 3.8) is 0 Å². The van der Waals surface area contributed by atoms with Gasteiger partial charge in [0.15, 0.2) is 11.6 Å². The van der Waals surface area contributed by atoms with Crippen LogP contribution in [0.3, 0.4) is 0 Å². The van der Waals surface area contributed by atoms with Gasteiger partial charge in [0.25, 0.3) is 6.43 Å². The van der Waals surface area contributed by atoms with E-state index >= 15 is 0 Å². The molecule has 2 unspecified atom stereocenters. The fourth-order valence-corrected chi connectivity index (χ4v) is 4.64. The van der Waals surface area contributed by atoms with Crippen molar-refractivity contribution in [2.24, 2.45) is 11.8 Å². The van der Waals surface area contributed by atoms with Crippen molar-refractivity contribution in [2.75, 3.05) is 19.8 Å².